The first-order valence-electron chi connectivity index (χ1n) is 13.5. The first kappa shape index (κ1) is 26.1. The molecule has 200 valence electrons. The van der Waals surface area contributed by atoms with E-state index in [1.54, 1.807) is 6.92 Å². The Hall–Kier alpha value is -3.52. The molecule has 2 fully saturated rings. The van der Waals surface area contributed by atoms with E-state index < -0.39 is 5.82 Å². The van der Waals surface area contributed by atoms with Crippen LogP contribution in [0.1, 0.15) is 38.3 Å². The quantitative estimate of drug-likeness (QED) is 0.508. The van der Waals surface area contributed by atoms with E-state index >= 15 is 0 Å². The first-order valence-corrected chi connectivity index (χ1v) is 13.5. The van der Waals surface area contributed by atoms with Crippen molar-refractivity contribution in [3.63, 3.8) is 0 Å². The molecular formula is C30H37FN6O. The zero-order valence-electron chi connectivity index (χ0n) is 22.9. The van der Waals surface area contributed by atoms with Crippen LogP contribution in [0.15, 0.2) is 42.6 Å². The molecule has 0 radical (unpaired) electrons. The van der Waals surface area contributed by atoms with Crippen LogP contribution in [0.3, 0.4) is 0 Å². The summed E-state index contributed by atoms with van der Waals surface area (Å²) in [5.74, 6) is 0.192. The van der Waals surface area contributed by atoms with Crippen molar-refractivity contribution in [2.75, 3.05) is 62.2 Å². The van der Waals surface area contributed by atoms with Gasteiger partial charge < -0.3 is 14.7 Å². The minimum absolute atomic E-state index is 0.0731. The molecule has 0 unspecified atom stereocenters. The highest BCUT2D eigenvalue weighted by Crippen LogP contribution is 2.24. The number of hydrogen-bond acceptors (Lipinski definition) is 6. The topological polar surface area (TPSA) is 55.8 Å². The number of benzene rings is 2. The average Bonchev–Trinajstić information content (AvgIpc) is 2.92. The Labute approximate surface area is 224 Å². The molecule has 2 aliphatic heterocycles. The summed E-state index contributed by atoms with van der Waals surface area (Å²) in [4.78, 5) is 30.9. The lowest BCUT2D eigenvalue weighted by atomic mass is 9.98. The molecule has 3 aromatic rings. The molecule has 1 aromatic heterocycles. The van der Waals surface area contributed by atoms with Gasteiger partial charge >= 0.3 is 0 Å². The van der Waals surface area contributed by atoms with Crippen molar-refractivity contribution < 1.29 is 9.18 Å². The Morgan fingerprint density at radius 2 is 1.53 bits per heavy atom. The Kier molecular flexibility index (Phi) is 7.61. The monoisotopic (exact) mass is 516 g/mol. The maximum Gasteiger partial charge on any atom is 0.254 e. The van der Waals surface area contributed by atoms with E-state index in [1.165, 1.54) is 28.6 Å². The normalized spacial score (nSPS) is 16.7. The van der Waals surface area contributed by atoms with Crippen molar-refractivity contribution >= 4 is 17.5 Å². The van der Waals surface area contributed by atoms with Crippen LogP contribution in [-0.2, 0) is 6.54 Å². The van der Waals surface area contributed by atoms with Crippen LogP contribution in [-0.4, -0.2) is 78.0 Å². The van der Waals surface area contributed by atoms with Gasteiger partial charge in [0.05, 0.1) is 11.9 Å². The standard InChI is InChI=1S/C30H37FN6O/c1-21-7-5-6-8-28(21)35-11-9-34(10-12-35)20-25-18-26(23(3)17-22(25)2)29(38)36-13-15-37(16-14-36)30-32-19-27(31)24(4)33-30/h5-8,17-19H,9-16,20H2,1-4H3. The number of amides is 1. The lowest BCUT2D eigenvalue weighted by Crippen LogP contribution is -2.49. The summed E-state index contributed by atoms with van der Waals surface area (Å²) in [7, 11) is 0. The summed E-state index contributed by atoms with van der Waals surface area (Å²) in [6.45, 7) is 15.3. The summed E-state index contributed by atoms with van der Waals surface area (Å²) in [5, 5.41) is 0. The van der Waals surface area contributed by atoms with E-state index in [0.29, 0.717) is 37.8 Å². The second-order valence-electron chi connectivity index (χ2n) is 10.5. The van der Waals surface area contributed by atoms with Crippen LogP contribution in [0.2, 0.25) is 0 Å². The van der Waals surface area contributed by atoms with Crippen LogP contribution in [0.4, 0.5) is 16.0 Å². The van der Waals surface area contributed by atoms with Crippen LogP contribution in [0.25, 0.3) is 0 Å². The van der Waals surface area contributed by atoms with Crippen molar-refractivity contribution in [2.24, 2.45) is 0 Å². The molecule has 0 N–H and O–H groups in total. The number of hydrogen-bond donors (Lipinski definition) is 0. The number of carbonyl (C=O) groups excluding carboxylic acids is 1. The molecule has 2 saturated heterocycles. The summed E-state index contributed by atoms with van der Waals surface area (Å²) < 4.78 is 13.6. The van der Waals surface area contributed by atoms with E-state index in [0.717, 1.165) is 43.9 Å². The molecule has 0 spiro atoms. The predicted molar refractivity (Wildman–Crippen MR) is 149 cm³/mol. The molecule has 0 atom stereocenters. The summed E-state index contributed by atoms with van der Waals surface area (Å²) in [6.07, 6.45) is 1.22. The molecule has 2 aromatic carbocycles. The van der Waals surface area contributed by atoms with Crippen LogP contribution in [0, 0.1) is 33.5 Å². The lowest BCUT2D eigenvalue weighted by Gasteiger charge is -2.37. The van der Waals surface area contributed by atoms with E-state index in [2.05, 4.69) is 70.0 Å². The molecule has 0 aliphatic carbocycles. The molecular weight excluding hydrogens is 479 g/mol. The van der Waals surface area contributed by atoms with Gasteiger partial charge in [0.2, 0.25) is 5.95 Å². The maximum atomic E-state index is 13.6. The number of anilines is 2. The molecule has 8 heteroatoms. The van der Waals surface area contributed by atoms with Crippen molar-refractivity contribution in [3.8, 4) is 0 Å². The number of carbonyl (C=O) groups is 1. The minimum atomic E-state index is -0.401. The van der Waals surface area contributed by atoms with Gasteiger partial charge in [0.25, 0.3) is 5.91 Å². The van der Waals surface area contributed by atoms with Crippen LogP contribution < -0.4 is 9.80 Å². The fraction of sp³-hybridized carbons (Fsp3) is 0.433. The zero-order chi connectivity index (χ0) is 26.8. The van der Waals surface area contributed by atoms with Gasteiger partial charge in [-0.2, -0.15) is 0 Å². The van der Waals surface area contributed by atoms with E-state index in [1.807, 2.05) is 16.7 Å². The highest BCUT2D eigenvalue weighted by Gasteiger charge is 2.26. The molecule has 5 rings (SSSR count). The summed E-state index contributed by atoms with van der Waals surface area (Å²) in [6, 6.07) is 12.8. The van der Waals surface area contributed by atoms with Gasteiger partial charge in [0, 0.05) is 70.2 Å². The molecule has 0 bridgehead atoms. The lowest BCUT2D eigenvalue weighted by molar-refractivity contribution is 0.0745. The molecule has 0 saturated carbocycles. The van der Waals surface area contributed by atoms with E-state index in [4.69, 9.17) is 0 Å². The highest BCUT2D eigenvalue weighted by molar-refractivity contribution is 5.96. The highest BCUT2D eigenvalue weighted by atomic mass is 19.1. The number of para-hydroxylation sites is 1. The van der Waals surface area contributed by atoms with Gasteiger partial charge in [-0.05, 0) is 62.1 Å². The van der Waals surface area contributed by atoms with Gasteiger partial charge in [-0.1, -0.05) is 24.3 Å². The number of piperazine rings is 2. The smallest absolute Gasteiger partial charge is 0.254 e. The first-order chi connectivity index (χ1) is 18.3. The third-order valence-electron chi connectivity index (χ3n) is 7.89. The minimum Gasteiger partial charge on any atom is -0.369 e. The SMILES string of the molecule is Cc1cc(C)c(C(=O)N2CCN(c3ncc(F)c(C)n3)CC2)cc1CN1CCN(c2ccccc2C)CC1. The molecule has 1 amide bonds. The zero-order valence-corrected chi connectivity index (χ0v) is 22.9. The van der Waals surface area contributed by atoms with Gasteiger partial charge in [-0.15, -0.1) is 0 Å². The second kappa shape index (κ2) is 11.1. The largest absolute Gasteiger partial charge is 0.369 e. The van der Waals surface area contributed by atoms with E-state index in [9.17, 15) is 9.18 Å². The third-order valence-corrected chi connectivity index (χ3v) is 7.89. The van der Waals surface area contributed by atoms with Crippen molar-refractivity contribution in [3.05, 3.63) is 81.9 Å². The number of nitrogens with zero attached hydrogens (tertiary/aromatic N) is 6. The summed E-state index contributed by atoms with van der Waals surface area (Å²) >= 11 is 0. The number of halogens is 1. The Bertz CT molecular complexity index is 1310. The fourth-order valence-electron chi connectivity index (χ4n) is 5.48. The third kappa shape index (κ3) is 5.50. The van der Waals surface area contributed by atoms with Crippen molar-refractivity contribution in [2.45, 2.75) is 34.2 Å². The Morgan fingerprint density at radius 1 is 0.842 bits per heavy atom. The van der Waals surface area contributed by atoms with Gasteiger partial charge in [-0.3, -0.25) is 9.69 Å². The Balaban J connectivity index is 1.22. The number of rotatable bonds is 5. The summed E-state index contributed by atoms with van der Waals surface area (Å²) in [5.41, 5.74) is 7.23. The van der Waals surface area contributed by atoms with Crippen molar-refractivity contribution in [1.82, 2.24) is 19.8 Å². The number of aromatic nitrogens is 2. The molecule has 3 heterocycles. The Morgan fingerprint density at radius 3 is 2.21 bits per heavy atom. The predicted octanol–water partition coefficient (Wildman–Crippen LogP) is 4.13. The van der Waals surface area contributed by atoms with Crippen LogP contribution >= 0.6 is 0 Å². The van der Waals surface area contributed by atoms with Crippen LogP contribution in [0.5, 0.6) is 0 Å². The van der Waals surface area contributed by atoms with Gasteiger partial charge in [-0.25, -0.2) is 14.4 Å². The van der Waals surface area contributed by atoms with Gasteiger partial charge in [0.15, 0.2) is 5.82 Å². The van der Waals surface area contributed by atoms with Gasteiger partial charge in [0.1, 0.15) is 0 Å². The average molecular weight is 517 g/mol. The van der Waals surface area contributed by atoms with Crippen molar-refractivity contribution in [1.29, 1.82) is 0 Å². The number of aryl methyl sites for hydroxylation is 4. The molecule has 7 nitrogen and oxygen atoms in total. The second-order valence-corrected chi connectivity index (χ2v) is 10.5. The fourth-order valence-corrected chi connectivity index (χ4v) is 5.48. The molecule has 2 aliphatic rings. The maximum absolute atomic E-state index is 13.6. The molecule has 38 heavy (non-hydrogen) atoms. The van der Waals surface area contributed by atoms with E-state index in [-0.39, 0.29) is 5.91 Å².